The van der Waals surface area contributed by atoms with Crippen molar-refractivity contribution in [3.63, 3.8) is 0 Å². The first-order valence-electron chi connectivity index (χ1n) is 7.74. The number of hydrogen-bond acceptors (Lipinski definition) is 4. The van der Waals surface area contributed by atoms with Gasteiger partial charge < -0.3 is 10.1 Å². The van der Waals surface area contributed by atoms with Gasteiger partial charge in [-0.05, 0) is 35.9 Å². The number of carbonyl (C=O) groups is 2. The van der Waals surface area contributed by atoms with Crippen LogP contribution in [-0.4, -0.2) is 18.3 Å². The van der Waals surface area contributed by atoms with E-state index >= 15 is 0 Å². The van der Waals surface area contributed by atoms with Gasteiger partial charge in [0.05, 0.1) is 18.1 Å². The first kappa shape index (κ1) is 18.5. The normalized spacial score (nSPS) is 9.96. The second kappa shape index (κ2) is 8.86. The molecule has 0 radical (unpaired) electrons. The molecule has 0 atom stereocenters. The fraction of sp³-hybridized carbons (Fsp3) is 0.211. The average molecular weight is 357 g/mol. The summed E-state index contributed by atoms with van der Waals surface area (Å²) in [6.07, 6.45) is 0.639. The molecular weight excluding hydrogens is 340 g/mol. The molecule has 0 saturated heterocycles. The number of nitrogens with zero attached hydrogens (tertiary/aromatic N) is 1. The number of benzene rings is 2. The number of ether oxygens (including phenoxy) is 1. The SMILES string of the molecule is CCC(=O)c1cc(Cl)ccc1OCC(=O)Nc1ccc(CC#N)cc1. The maximum atomic E-state index is 12.0. The third-order valence-electron chi connectivity index (χ3n) is 3.44. The van der Waals surface area contributed by atoms with Crippen LogP contribution in [0.4, 0.5) is 5.69 Å². The highest BCUT2D eigenvalue weighted by molar-refractivity contribution is 6.31. The number of nitrogens with one attached hydrogen (secondary N) is 1. The van der Waals surface area contributed by atoms with E-state index in [0.29, 0.717) is 34.9 Å². The van der Waals surface area contributed by atoms with E-state index < -0.39 is 0 Å². The molecule has 1 amide bonds. The quantitative estimate of drug-likeness (QED) is 0.760. The fourth-order valence-electron chi connectivity index (χ4n) is 2.17. The van der Waals surface area contributed by atoms with Crippen LogP contribution in [0.15, 0.2) is 42.5 Å². The summed E-state index contributed by atoms with van der Waals surface area (Å²) < 4.78 is 5.48. The summed E-state index contributed by atoms with van der Waals surface area (Å²) >= 11 is 5.92. The molecule has 128 valence electrons. The molecule has 0 aliphatic carbocycles. The standard InChI is InChI=1S/C19H17ClN2O3/c1-2-17(23)16-11-14(20)5-8-18(16)25-12-19(24)22-15-6-3-13(4-7-15)9-10-21/h3-8,11H,2,9,12H2,1H3,(H,22,24). The van der Waals surface area contributed by atoms with E-state index in [1.807, 2.05) is 0 Å². The van der Waals surface area contributed by atoms with E-state index in [0.717, 1.165) is 5.56 Å². The topological polar surface area (TPSA) is 79.2 Å². The number of amides is 1. The van der Waals surface area contributed by atoms with Crippen LogP contribution in [0.2, 0.25) is 5.02 Å². The summed E-state index contributed by atoms with van der Waals surface area (Å²) in [7, 11) is 0. The van der Waals surface area contributed by atoms with Crippen LogP contribution in [0.3, 0.4) is 0 Å². The lowest BCUT2D eigenvalue weighted by atomic mass is 10.1. The molecule has 0 bridgehead atoms. The fourth-order valence-corrected chi connectivity index (χ4v) is 2.35. The van der Waals surface area contributed by atoms with Crippen LogP contribution in [0.1, 0.15) is 29.3 Å². The molecule has 1 N–H and O–H groups in total. The highest BCUT2D eigenvalue weighted by Crippen LogP contribution is 2.24. The summed E-state index contributed by atoms with van der Waals surface area (Å²) in [6, 6.07) is 13.8. The van der Waals surface area contributed by atoms with E-state index in [4.69, 9.17) is 21.6 Å². The van der Waals surface area contributed by atoms with Crippen LogP contribution < -0.4 is 10.1 Å². The second-order valence-corrected chi connectivity index (χ2v) is 5.72. The van der Waals surface area contributed by atoms with Crippen molar-refractivity contribution in [2.75, 3.05) is 11.9 Å². The van der Waals surface area contributed by atoms with Crippen molar-refractivity contribution >= 4 is 29.0 Å². The zero-order chi connectivity index (χ0) is 18.2. The number of rotatable bonds is 7. The molecule has 2 rings (SSSR count). The molecule has 2 aromatic carbocycles. The summed E-state index contributed by atoms with van der Waals surface area (Å²) in [5.74, 6) is -0.125. The lowest BCUT2D eigenvalue weighted by Crippen LogP contribution is -2.20. The van der Waals surface area contributed by atoms with Gasteiger partial charge >= 0.3 is 0 Å². The first-order valence-corrected chi connectivity index (χ1v) is 8.12. The van der Waals surface area contributed by atoms with Crippen LogP contribution in [-0.2, 0) is 11.2 Å². The van der Waals surface area contributed by atoms with E-state index in [9.17, 15) is 9.59 Å². The van der Waals surface area contributed by atoms with Crippen LogP contribution >= 0.6 is 11.6 Å². The number of ketones is 1. The predicted octanol–water partition coefficient (Wildman–Crippen LogP) is 4.02. The van der Waals surface area contributed by atoms with Crippen molar-refractivity contribution in [3.05, 3.63) is 58.6 Å². The molecule has 0 fully saturated rings. The first-order chi connectivity index (χ1) is 12.0. The molecule has 0 unspecified atom stereocenters. The van der Waals surface area contributed by atoms with Gasteiger partial charge in [-0.3, -0.25) is 9.59 Å². The van der Waals surface area contributed by atoms with Crippen molar-refractivity contribution in [1.29, 1.82) is 5.26 Å². The van der Waals surface area contributed by atoms with Crippen LogP contribution in [0, 0.1) is 11.3 Å². The molecule has 0 saturated carbocycles. The number of hydrogen-bond donors (Lipinski definition) is 1. The molecule has 0 aliphatic rings. The Morgan fingerprint density at radius 1 is 1.20 bits per heavy atom. The van der Waals surface area contributed by atoms with Gasteiger partial charge in [-0.1, -0.05) is 30.7 Å². The zero-order valence-corrected chi connectivity index (χ0v) is 14.5. The molecule has 2 aromatic rings. The third kappa shape index (κ3) is 5.33. The molecule has 0 aliphatic heterocycles. The third-order valence-corrected chi connectivity index (χ3v) is 3.68. The molecule has 0 aromatic heterocycles. The van der Waals surface area contributed by atoms with Gasteiger partial charge in [-0.25, -0.2) is 0 Å². The minimum atomic E-state index is -0.349. The van der Waals surface area contributed by atoms with Crippen molar-refractivity contribution < 1.29 is 14.3 Å². The van der Waals surface area contributed by atoms with Gasteiger partial charge in [0.1, 0.15) is 5.75 Å². The lowest BCUT2D eigenvalue weighted by molar-refractivity contribution is -0.118. The van der Waals surface area contributed by atoms with Gasteiger partial charge in [-0.15, -0.1) is 0 Å². The minimum absolute atomic E-state index is 0.106. The van der Waals surface area contributed by atoms with Gasteiger partial charge in [0.2, 0.25) is 0 Å². The molecule has 5 nitrogen and oxygen atoms in total. The van der Waals surface area contributed by atoms with Gasteiger partial charge in [-0.2, -0.15) is 5.26 Å². The van der Waals surface area contributed by atoms with Crippen molar-refractivity contribution in [3.8, 4) is 11.8 Å². The molecule has 0 heterocycles. The smallest absolute Gasteiger partial charge is 0.262 e. The Hall–Kier alpha value is -2.84. The molecule has 0 spiro atoms. The minimum Gasteiger partial charge on any atom is -0.483 e. The summed E-state index contributed by atoms with van der Waals surface area (Å²) in [4.78, 5) is 24.0. The maximum Gasteiger partial charge on any atom is 0.262 e. The molecule has 25 heavy (non-hydrogen) atoms. The Kier molecular flexibility index (Phi) is 6.55. The summed E-state index contributed by atoms with van der Waals surface area (Å²) in [5, 5.41) is 11.8. The van der Waals surface area contributed by atoms with Gasteiger partial charge in [0.25, 0.3) is 5.91 Å². The van der Waals surface area contributed by atoms with E-state index in [1.54, 1.807) is 43.3 Å². The highest BCUT2D eigenvalue weighted by Gasteiger charge is 2.13. The average Bonchev–Trinajstić information content (AvgIpc) is 2.62. The Balaban J connectivity index is 1.98. The summed E-state index contributed by atoms with van der Waals surface area (Å²) in [6.45, 7) is 1.52. The lowest BCUT2D eigenvalue weighted by Gasteiger charge is -2.11. The van der Waals surface area contributed by atoms with Crippen molar-refractivity contribution in [2.45, 2.75) is 19.8 Å². The van der Waals surface area contributed by atoms with Crippen LogP contribution in [0.25, 0.3) is 0 Å². The van der Waals surface area contributed by atoms with E-state index in [1.165, 1.54) is 6.07 Å². The number of carbonyl (C=O) groups excluding carboxylic acids is 2. The molecular formula is C19H17ClN2O3. The predicted molar refractivity (Wildman–Crippen MR) is 96.0 cm³/mol. The van der Waals surface area contributed by atoms with Crippen molar-refractivity contribution in [2.24, 2.45) is 0 Å². The largest absolute Gasteiger partial charge is 0.483 e. The van der Waals surface area contributed by atoms with Gasteiger partial charge in [0, 0.05) is 17.1 Å². The Labute approximate surface area is 151 Å². The Morgan fingerprint density at radius 3 is 2.56 bits per heavy atom. The molecule has 6 heteroatoms. The Morgan fingerprint density at radius 2 is 1.92 bits per heavy atom. The number of anilines is 1. The van der Waals surface area contributed by atoms with Gasteiger partial charge in [0.15, 0.2) is 12.4 Å². The van der Waals surface area contributed by atoms with Crippen molar-refractivity contribution in [1.82, 2.24) is 0 Å². The second-order valence-electron chi connectivity index (χ2n) is 5.29. The number of halogens is 1. The number of nitriles is 1. The highest BCUT2D eigenvalue weighted by atomic mass is 35.5. The monoisotopic (exact) mass is 356 g/mol. The van der Waals surface area contributed by atoms with E-state index in [2.05, 4.69) is 11.4 Å². The Bertz CT molecular complexity index is 810. The van der Waals surface area contributed by atoms with Crippen LogP contribution in [0.5, 0.6) is 5.75 Å². The summed E-state index contributed by atoms with van der Waals surface area (Å²) in [5.41, 5.74) is 1.85. The maximum absolute atomic E-state index is 12.0. The number of Topliss-reactive ketones (excluding diaryl/α,β-unsaturated/α-hetero) is 1. The van der Waals surface area contributed by atoms with E-state index in [-0.39, 0.29) is 18.3 Å². The zero-order valence-electron chi connectivity index (χ0n) is 13.7.